The van der Waals surface area contributed by atoms with E-state index in [-0.39, 0.29) is 5.91 Å². The maximum absolute atomic E-state index is 13.0. The molecule has 0 spiro atoms. The van der Waals surface area contributed by atoms with Crippen molar-refractivity contribution in [3.8, 4) is 16.9 Å². The van der Waals surface area contributed by atoms with Gasteiger partial charge in [-0.25, -0.2) is 0 Å². The zero-order valence-electron chi connectivity index (χ0n) is 20.0. The second-order valence-corrected chi connectivity index (χ2v) is 8.94. The fourth-order valence-corrected chi connectivity index (χ4v) is 4.60. The number of rotatable bonds is 5. The molecule has 0 radical (unpaired) electrons. The summed E-state index contributed by atoms with van der Waals surface area (Å²) in [5.41, 5.74) is 4.71. The van der Waals surface area contributed by atoms with Gasteiger partial charge in [0.05, 0.1) is 12.9 Å². The minimum atomic E-state index is 0.0510. The number of hydrogen-bond donors (Lipinski definition) is 0. The van der Waals surface area contributed by atoms with Gasteiger partial charge in [-0.15, -0.1) is 0 Å². The predicted molar refractivity (Wildman–Crippen MR) is 138 cm³/mol. The molecule has 1 fully saturated rings. The number of likely N-dealkylation sites (N-methyl/N-ethyl adjacent to an activating group) is 1. The van der Waals surface area contributed by atoms with Crippen molar-refractivity contribution < 1.29 is 13.9 Å². The van der Waals surface area contributed by atoms with Crippen LogP contribution in [0.1, 0.15) is 19.4 Å². The van der Waals surface area contributed by atoms with Crippen LogP contribution in [-0.4, -0.2) is 55.5 Å². The Morgan fingerprint density at radius 2 is 1.79 bits per heavy atom. The molecule has 0 atom stereocenters. The zero-order valence-corrected chi connectivity index (χ0v) is 20.0. The molecule has 174 valence electrons. The van der Waals surface area contributed by atoms with Crippen molar-refractivity contribution in [2.75, 3.05) is 39.8 Å². The lowest BCUT2D eigenvalue weighted by Gasteiger charge is -2.31. The van der Waals surface area contributed by atoms with Crippen LogP contribution in [0.15, 0.2) is 71.4 Å². The van der Waals surface area contributed by atoms with Crippen LogP contribution in [0.3, 0.4) is 0 Å². The van der Waals surface area contributed by atoms with Gasteiger partial charge < -0.3 is 19.0 Å². The van der Waals surface area contributed by atoms with Gasteiger partial charge in [-0.05, 0) is 54.9 Å². The highest BCUT2D eigenvalue weighted by atomic mass is 16.5. The Hall–Kier alpha value is -3.57. The molecule has 5 heteroatoms. The lowest BCUT2D eigenvalue weighted by molar-refractivity contribution is -0.127. The van der Waals surface area contributed by atoms with Crippen molar-refractivity contribution in [2.24, 2.45) is 0 Å². The number of nitrogens with zero attached hydrogens (tertiary/aromatic N) is 2. The van der Waals surface area contributed by atoms with Gasteiger partial charge in [0.1, 0.15) is 11.3 Å². The van der Waals surface area contributed by atoms with Crippen molar-refractivity contribution >= 4 is 33.2 Å². The standard InChI is InChI=1S/C29H30N2O3/c1-4-33-27-18-28-25(17-24(27)20(2)15-29(32)31-13-11-30(3)12-14-31)26(19-34-28)23-10-9-21-7-5-6-8-22(21)16-23/h5-10,15-19H,4,11-14H2,1-3H3/b20-15+. The predicted octanol–water partition coefficient (Wildman–Crippen LogP) is 5.83. The van der Waals surface area contributed by atoms with E-state index in [1.165, 1.54) is 10.8 Å². The molecule has 1 aromatic heterocycles. The number of allylic oxidation sites excluding steroid dienone is 1. The van der Waals surface area contributed by atoms with Gasteiger partial charge in [0, 0.05) is 54.8 Å². The maximum Gasteiger partial charge on any atom is 0.246 e. The number of benzene rings is 3. The average molecular weight is 455 g/mol. The first-order valence-electron chi connectivity index (χ1n) is 11.9. The molecular weight excluding hydrogens is 424 g/mol. The first kappa shape index (κ1) is 22.2. The minimum absolute atomic E-state index is 0.0510. The van der Waals surface area contributed by atoms with Crippen LogP contribution in [0.2, 0.25) is 0 Å². The Morgan fingerprint density at radius 1 is 1.03 bits per heavy atom. The Morgan fingerprint density at radius 3 is 2.56 bits per heavy atom. The smallest absolute Gasteiger partial charge is 0.246 e. The van der Waals surface area contributed by atoms with Crippen LogP contribution >= 0.6 is 0 Å². The molecular formula is C29H30N2O3. The third-order valence-corrected chi connectivity index (χ3v) is 6.62. The third kappa shape index (κ3) is 4.31. The van der Waals surface area contributed by atoms with Crippen molar-refractivity contribution in [3.05, 3.63) is 72.5 Å². The molecule has 1 amide bonds. The lowest BCUT2D eigenvalue weighted by atomic mass is 9.97. The Labute approximate surface area is 200 Å². The van der Waals surface area contributed by atoms with Crippen LogP contribution in [0.4, 0.5) is 0 Å². The molecule has 5 nitrogen and oxygen atoms in total. The van der Waals surface area contributed by atoms with E-state index in [9.17, 15) is 4.79 Å². The van der Waals surface area contributed by atoms with Gasteiger partial charge in [-0.2, -0.15) is 0 Å². The molecule has 0 aliphatic carbocycles. The number of hydrogen-bond acceptors (Lipinski definition) is 4. The van der Waals surface area contributed by atoms with Crippen LogP contribution in [0.5, 0.6) is 5.75 Å². The fraction of sp³-hybridized carbons (Fsp3) is 0.276. The number of carbonyl (C=O) groups is 1. The Kier molecular flexibility index (Phi) is 6.12. The Balaban J connectivity index is 1.55. The molecule has 0 bridgehead atoms. The summed E-state index contributed by atoms with van der Waals surface area (Å²) >= 11 is 0. The molecule has 0 saturated carbocycles. The number of fused-ring (bicyclic) bond motifs is 2. The first-order chi connectivity index (χ1) is 16.5. The quantitative estimate of drug-likeness (QED) is 0.356. The van der Waals surface area contributed by atoms with E-state index in [0.29, 0.717) is 6.61 Å². The second-order valence-electron chi connectivity index (χ2n) is 8.94. The average Bonchev–Trinajstić information content (AvgIpc) is 3.26. The molecule has 0 N–H and O–H groups in total. The number of carbonyl (C=O) groups excluding carboxylic acids is 1. The van der Waals surface area contributed by atoms with Crippen molar-refractivity contribution in [1.29, 1.82) is 0 Å². The lowest BCUT2D eigenvalue weighted by Crippen LogP contribution is -2.46. The summed E-state index contributed by atoms with van der Waals surface area (Å²) in [5.74, 6) is 0.782. The second kappa shape index (κ2) is 9.35. The summed E-state index contributed by atoms with van der Waals surface area (Å²) in [6.45, 7) is 7.79. The van der Waals surface area contributed by atoms with E-state index in [0.717, 1.165) is 65.2 Å². The molecule has 1 aliphatic heterocycles. The summed E-state index contributed by atoms with van der Waals surface area (Å²) < 4.78 is 11.9. The molecule has 3 aromatic carbocycles. The van der Waals surface area contributed by atoms with E-state index in [1.54, 1.807) is 6.08 Å². The zero-order chi connectivity index (χ0) is 23.7. The summed E-state index contributed by atoms with van der Waals surface area (Å²) in [6, 6.07) is 18.8. The topological polar surface area (TPSA) is 45.9 Å². The normalized spacial score (nSPS) is 15.3. The molecule has 1 saturated heterocycles. The number of ether oxygens (including phenoxy) is 1. The van der Waals surface area contributed by atoms with Crippen LogP contribution < -0.4 is 4.74 Å². The van der Waals surface area contributed by atoms with Crippen molar-refractivity contribution in [1.82, 2.24) is 9.80 Å². The van der Waals surface area contributed by atoms with E-state index >= 15 is 0 Å². The van der Waals surface area contributed by atoms with Crippen molar-refractivity contribution in [2.45, 2.75) is 13.8 Å². The van der Waals surface area contributed by atoms with E-state index < -0.39 is 0 Å². The molecule has 34 heavy (non-hydrogen) atoms. The third-order valence-electron chi connectivity index (χ3n) is 6.62. The van der Waals surface area contributed by atoms with Gasteiger partial charge in [0.25, 0.3) is 0 Å². The highest BCUT2D eigenvalue weighted by molar-refractivity contribution is 6.01. The highest BCUT2D eigenvalue weighted by Crippen LogP contribution is 2.38. The summed E-state index contributed by atoms with van der Waals surface area (Å²) in [6.07, 6.45) is 3.55. The molecule has 2 heterocycles. The Bertz CT molecular complexity index is 1380. The van der Waals surface area contributed by atoms with E-state index in [1.807, 2.05) is 31.1 Å². The SMILES string of the molecule is CCOc1cc2occ(-c3ccc4ccccc4c3)c2cc1/C(C)=C/C(=O)N1CCN(C)CC1. The molecule has 0 unspecified atom stereocenters. The molecule has 1 aliphatic rings. The fourth-order valence-electron chi connectivity index (χ4n) is 4.60. The summed E-state index contributed by atoms with van der Waals surface area (Å²) in [4.78, 5) is 17.1. The van der Waals surface area contributed by atoms with Crippen LogP contribution in [-0.2, 0) is 4.79 Å². The van der Waals surface area contributed by atoms with E-state index in [2.05, 4.69) is 60.5 Å². The molecule has 4 aromatic rings. The number of amides is 1. The van der Waals surface area contributed by atoms with Gasteiger partial charge >= 0.3 is 0 Å². The van der Waals surface area contributed by atoms with Gasteiger partial charge in [-0.1, -0.05) is 36.4 Å². The van der Waals surface area contributed by atoms with E-state index in [4.69, 9.17) is 9.15 Å². The number of furan rings is 1. The summed E-state index contributed by atoms with van der Waals surface area (Å²) in [5, 5.41) is 3.41. The summed E-state index contributed by atoms with van der Waals surface area (Å²) in [7, 11) is 2.09. The number of piperazine rings is 1. The van der Waals surface area contributed by atoms with Gasteiger partial charge in [0.15, 0.2) is 0 Å². The van der Waals surface area contributed by atoms with Crippen LogP contribution in [0.25, 0.3) is 38.4 Å². The minimum Gasteiger partial charge on any atom is -0.493 e. The van der Waals surface area contributed by atoms with Crippen LogP contribution in [0, 0.1) is 0 Å². The maximum atomic E-state index is 13.0. The van der Waals surface area contributed by atoms with Gasteiger partial charge in [0.2, 0.25) is 5.91 Å². The van der Waals surface area contributed by atoms with Crippen molar-refractivity contribution in [3.63, 3.8) is 0 Å². The highest BCUT2D eigenvalue weighted by Gasteiger charge is 2.19. The van der Waals surface area contributed by atoms with Gasteiger partial charge in [-0.3, -0.25) is 4.79 Å². The monoisotopic (exact) mass is 454 g/mol. The first-order valence-corrected chi connectivity index (χ1v) is 11.9. The largest absolute Gasteiger partial charge is 0.493 e. The molecule has 5 rings (SSSR count).